The number of aliphatic hydroxyl groups is 1. The second-order valence-corrected chi connectivity index (χ2v) is 13.9. The highest BCUT2D eigenvalue weighted by molar-refractivity contribution is 6.07. The molecule has 49 heavy (non-hydrogen) atoms. The quantitative estimate of drug-likeness (QED) is 0.173. The average Bonchev–Trinajstić information content (AvgIpc) is 3.61. The maximum Gasteiger partial charge on any atom is 0.252 e. The molecule has 0 unspecified atom stereocenters. The highest BCUT2D eigenvalue weighted by atomic mass is 16.5. The molecule has 256 valence electrons. The van der Waals surface area contributed by atoms with E-state index in [1.54, 1.807) is 14.2 Å². The molecule has 0 radical (unpaired) electrons. The maximum absolute atomic E-state index is 14.2. The number of methoxy groups -OCH3 is 2. The number of nitrogens with one attached hydrogen (secondary N) is 1. The molecule has 2 saturated carbocycles. The number of aromatic nitrogens is 1. The van der Waals surface area contributed by atoms with E-state index in [-0.39, 0.29) is 12.5 Å². The molecule has 4 aromatic rings. The third-order valence-electron chi connectivity index (χ3n) is 11.1. The molecule has 3 aromatic carbocycles. The Bertz CT molecular complexity index is 1930. The number of hydrogen-bond acceptors (Lipinski definition) is 7. The van der Waals surface area contributed by atoms with Gasteiger partial charge < -0.3 is 33.9 Å². The van der Waals surface area contributed by atoms with Crippen molar-refractivity contribution in [2.24, 2.45) is 4.99 Å². The first-order chi connectivity index (χ1) is 24.0. The number of hydrogen-bond donors (Lipinski definition) is 2. The summed E-state index contributed by atoms with van der Waals surface area (Å²) in [4.78, 5) is 19.2. The fourth-order valence-electron chi connectivity index (χ4n) is 8.38. The number of rotatable bonds is 10. The van der Waals surface area contributed by atoms with E-state index in [2.05, 4.69) is 28.1 Å². The van der Waals surface area contributed by atoms with Gasteiger partial charge in [0, 0.05) is 52.9 Å². The second kappa shape index (κ2) is 13.2. The Balaban J connectivity index is 1.12. The summed E-state index contributed by atoms with van der Waals surface area (Å²) in [5.41, 5.74) is 8.51. The van der Waals surface area contributed by atoms with Crippen LogP contribution in [0.2, 0.25) is 0 Å². The van der Waals surface area contributed by atoms with Gasteiger partial charge in [0.2, 0.25) is 0 Å². The normalized spacial score (nSPS) is 18.0. The average molecular weight is 664 g/mol. The topological polar surface area (TPSA) is 104 Å². The minimum atomic E-state index is -0.489. The number of carbonyl (C=O) groups excluding carboxylic acids is 1. The van der Waals surface area contributed by atoms with E-state index in [4.69, 9.17) is 23.9 Å². The van der Waals surface area contributed by atoms with Gasteiger partial charge in [0.1, 0.15) is 30.5 Å². The maximum atomic E-state index is 14.2. The van der Waals surface area contributed by atoms with E-state index in [0.717, 1.165) is 58.8 Å². The Morgan fingerprint density at radius 3 is 2.65 bits per heavy atom. The fourth-order valence-corrected chi connectivity index (χ4v) is 8.38. The van der Waals surface area contributed by atoms with Crippen LogP contribution in [-0.2, 0) is 24.3 Å². The van der Waals surface area contributed by atoms with Gasteiger partial charge in [-0.15, -0.1) is 0 Å². The third kappa shape index (κ3) is 5.66. The van der Waals surface area contributed by atoms with Crippen LogP contribution in [0, 0.1) is 0 Å². The summed E-state index contributed by atoms with van der Waals surface area (Å²) in [7, 11) is 3.32. The molecular weight excluding hydrogens is 618 g/mol. The molecule has 0 atom stereocenters. The van der Waals surface area contributed by atoms with Crippen molar-refractivity contribution in [2.45, 2.75) is 82.4 Å². The Labute approximate surface area is 287 Å². The van der Waals surface area contributed by atoms with Crippen molar-refractivity contribution < 1.29 is 28.8 Å². The van der Waals surface area contributed by atoms with Crippen LogP contribution in [0.15, 0.2) is 53.5 Å². The number of amides is 1. The van der Waals surface area contributed by atoms with Crippen LogP contribution in [0.1, 0.15) is 84.3 Å². The molecule has 9 nitrogen and oxygen atoms in total. The molecule has 2 fully saturated rings. The SMILES string of the molecule is COCCOc1cc2c(cc1CO)N=C(C1(NC(=O)c3ccc4c(C5CCCCC5)c5n(c4c3)CCOc3cc(OC)ccc3-5)CCC1)C2. The molecular formula is C40H45N3O6. The van der Waals surface area contributed by atoms with Gasteiger partial charge in [-0.25, -0.2) is 0 Å². The minimum absolute atomic E-state index is 0.0790. The number of aliphatic hydroxyl groups excluding tert-OH is 1. The van der Waals surface area contributed by atoms with Crippen molar-refractivity contribution in [1.29, 1.82) is 0 Å². The molecule has 1 aromatic heterocycles. The van der Waals surface area contributed by atoms with Gasteiger partial charge >= 0.3 is 0 Å². The summed E-state index contributed by atoms with van der Waals surface area (Å²) in [6.07, 6.45) is 9.48. The fraction of sp³-hybridized carbons (Fsp3) is 0.450. The van der Waals surface area contributed by atoms with Crippen molar-refractivity contribution in [1.82, 2.24) is 9.88 Å². The van der Waals surface area contributed by atoms with Gasteiger partial charge in [-0.1, -0.05) is 25.3 Å². The van der Waals surface area contributed by atoms with E-state index < -0.39 is 5.54 Å². The summed E-state index contributed by atoms with van der Waals surface area (Å²) < 4.78 is 25.3. The van der Waals surface area contributed by atoms with Crippen LogP contribution >= 0.6 is 0 Å². The first kappa shape index (κ1) is 31.9. The van der Waals surface area contributed by atoms with Gasteiger partial charge in [-0.05, 0) is 85.5 Å². The van der Waals surface area contributed by atoms with E-state index in [1.165, 1.54) is 48.7 Å². The van der Waals surface area contributed by atoms with Crippen molar-refractivity contribution in [2.75, 3.05) is 34.0 Å². The Kier molecular flexibility index (Phi) is 8.58. The first-order valence-corrected chi connectivity index (χ1v) is 17.8. The van der Waals surface area contributed by atoms with Crippen LogP contribution in [-0.4, -0.2) is 60.9 Å². The molecule has 8 rings (SSSR count). The molecule has 0 saturated heterocycles. The minimum Gasteiger partial charge on any atom is -0.497 e. The number of nitrogens with zero attached hydrogens (tertiary/aromatic N) is 2. The van der Waals surface area contributed by atoms with Crippen molar-refractivity contribution in [3.63, 3.8) is 0 Å². The smallest absolute Gasteiger partial charge is 0.252 e. The monoisotopic (exact) mass is 663 g/mol. The van der Waals surface area contributed by atoms with E-state index in [1.807, 2.05) is 30.3 Å². The standard InChI is InChI=1S/C40H45N3O6/c1-46-17-18-49-34-21-27-22-36(41-32(27)19-28(34)24-44)40(13-6-14-40)42-39(45)26-9-11-30-33(20-26)43-15-16-48-35-23-29(47-2)10-12-31(35)38(43)37(30)25-7-4-3-5-8-25/h9-12,19-21,23,25,44H,3-8,13-18,22,24H2,1-2H3,(H,42,45). The van der Waals surface area contributed by atoms with Gasteiger partial charge in [0.15, 0.2) is 0 Å². The summed E-state index contributed by atoms with van der Waals surface area (Å²) in [6, 6.07) is 16.3. The molecule has 3 heterocycles. The Morgan fingerprint density at radius 1 is 1.04 bits per heavy atom. The van der Waals surface area contributed by atoms with Crippen molar-refractivity contribution in [3.05, 3.63) is 70.8 Å². The summed E-state index contributed by atoms with van der Waals surface area (Å²) in [6.45, 7) is 1.98. The highest BCUT2D eigenvalue weighted by Crippen LogP contribution is 2.48. The molecule has 9 heteroatoms. The Morgan fingerprint density at radius 2 is 1.90 bits per heavy atom. The van der Waals surface area contributed by atoms with Gasteiger partial charge in [-0.3, -0.25) is 9.79 Å². The number of fused-ring (bicyclic) bond motifs is 6. The predicted octanol–water partition coefficient (Wildman–Crippen LogP) is 7.26. The molecule has 4 aliphatic rings. The second-order valence-electron chi connectivity index (χ2n) is 13.9. The van der Waals surface area contributed by atoms with Gasteiger partial charge in [-0.2, -0.15) is 0 Å². The van der Waals surface area contributed by atoms with E-state index in [9.17, 15) is 9.90 Å². The molecule has 2 aliphatic carbocycles. The molecule has 2 N–H and O–H groups in total. The van der Waals surface area contributed by atoms with Crippen LogP contribution < -0.4 is 19.5 Å². The van der Waals surface area contributed by atoms with E-state index >= 15 is 0 Å². The van der Waals surface area contributed by atoms with Crippen LogP contribution in [0.5, 0.6) is 17.2 Å². The van der Waals surface area contributed by atoms with Crippen molar-refractivity contribution in [3.8, 4) is 28.5 Å². The number of ether oxygens (including phenoxy) is 4. The predicted molar refractivity (Wildman–Crippen MR) is 190 cm³/mol. The number of benzene rings is 3. The van der Waals surface area contributed by atoms with Crippen molar-refractivity contribution >= 4 is 28.2 Å². The highest BCUT2D eigenvalue weighted by Gasteiger charge is 2.45. The lowest BCUT2D eigenvalue weighted by Gasteiger charge is -2.42. The largest absolute Gasteiger partial charge is 0.497 e. The van der Waals surface area contributed by atoms with Crippen LogP contribution in [0.25, 0.3) is 22.2 Å². The lowest BCUT2D eigenvalue weighted by molar-refractivity contribution is 0.0888. The summed E-state index contributed by atoms with van der Waals surface area (Å²) >= 11 is 0. The number of carbonyl (C=O) groups is 1. The van der Waals surface area contributed by atoms with Gasteiger partial charge in [0.05, 0.1) is 43.8 Å². The first-order valence-electron chi connectivity index (χ1n) is 17.8. The molecule has 0 bridgehead atoms. The molecule has 2 aliphatic heterocycles. The zero-order valence-electron chi connectivity index (χ0n) is 28.5. The molecule has 0 spiro atoms. The Hall–Kier alpha value is -4.34. The summed E-state index contributed by atoms with van der Waals surface area (Å²) in [5.74, 6) is 2.68. The zero-order chi connectivity index (χ0) is 33.5. The summed E-state index contributed by atoms with van der Waals surface area (Å²) in [5, 5.41) is 14.7. The zero-order valence-corrected chi connectivity index (χ0v) is 28.5. The van der Waals surface area contributed by atoms with E-state index in [0.29, 0.717) is 55.6 Å². The van der Waals surface area contributed by atoms with Gasteiger partial charge in [0.25, 0.3) is 5.91 Å². The number of aliphatic imine (C=N–C) groups is 1. The lowest BCUT2D eigenvalue weighted by Crippen LogP contribution is -2.59. The lowest BCUT2D eigenvalue weighted by atomic mass is 9.72. The van der Waals surface area contributed by atoms with Crippen LogP contribution in [0.3, 0.4) is 0 Å². The third-order valence-corrected chi connectivity index (χ3v) is 11.1. The van der Waals surface area contributed by atoms with Crippen LogP contribution in [0.4, 0.5) is 5.69 Å². The molecule has 1 amide bonds.